The molecular formula is C20H24N2O3. The van der Waals surface area contributed by atoms with Gasteiger partial charge >= 0.3 is 0 Å². The second kappa shape index (κ2) is 7.13. The van der Waals surface area contributed by atoms with Gasteiger partial charge in [-0.25, -0.2) is 0 Å². The molecule has 0 saturated carbocycles. The molecule has 25 heavy (non-hydrogen) atoms. The number of hydrogen-bond acceptors (Lipinski definition) is 3. The van der Waals surface area contributed by atoms with Gasteiger partial charge in [-0.1, -0.05) is 32.0 Å². The number of benzene rings is 1. The van der Waals surface area contributed by atoms with Crippen LogP contribution in [0.25, 0.3) is 11.3 Å². The molecule has 1 saturated heterocycles. The van der Waals surface area contributed by atoms with E-state index in [-0.39, 0.29) is 17.7 Å². The molecule has 2 heterocycles. The van der Waals surface area contributed by atoms with Crippen molar-refractivity contribution in [3.05, 3.63) is 47.7 Å². The third-order valence-electron chi connectivity index (χ3n) is 4.72. The summed E-state index contributed by atoms with van der Waals surface area (Å²) in [5, 5.41) is 0. The van der Waals surface area contributed by atoms with Gasteiger partial charge in [0, 0.05) is 25.1 Å². The monoisotopic (exact) mass is 340 g/mol. The maximum atomic E-state index is 12.6. The third-order valence-corrected chi connectivity index (χ3v) is 4.72. The highest BCUT2D eigenvalue weighted by molar-refractivity contribution is 5.92. The molecule has 0 aliphatic carbocycles. The Balaban J connectivity index is 1.72. The van der Waals surface area contributed by atoms with Crippen LogP contribution in [0, 0.1) is 5.92 Å². The van der Waals surface area contributed by atoms with Gasteiger partial charge < -0.3 is 15.1 Å². The fraction of sp³-hybridized carbons (Fsp3) is 0.400. The Hall–Kier alpha value is -2.56. The van der Waals surface area contributed by atoms with Crippen LogP contribution in [0.5, 0.6) is 0 Å². The van der Waals surface area contributed by atoms with Gasteiger partial charge in [-0.2, -0.15) is 0 Å². The smallest absolute Gasteiger partial charge is 0.289 e. The van der Waals surface area contributed by atoms with Gasteiger partial charge in [-0.3, -0.25) is 9.59 Å². The lowest BCUT2D eigenvalue weighted by Crippen LogP contribution is -2.29. The normalized spacial score (nSPS) is 17.2. The lowest BCUT2D eigenvalue weighted by atomic mass is 10.0. The molecule has 1 atom stereocenters. The number of amides is 2. The minimum atomic E-state index is -0.315. The Morgan fingerprint density at radius 1 is 1.28 bits per heavy atom. The van der Waals surface area contributed by atoms with E-state index in [1.54, 1.807) is 11.0 Å². The average Bonchev–Trinajstić information content (AvgIpc) is 3.23. The van der Waals surface area contributed by atoms with Crippen LogP contribution in [0.1, 0.15) is 48.7 Å². The molecule has 0 radical (unpaired) electrons. The first kappa shape index (κ1) is 17.3. The highest BCUT2D eigenvalue weighted by Gasteiger charge is 2.29. The van der Waals surface area contributed by atoms with Gasteiger partial charge in [0.25, 0.3) is 5.91 Å². The Morgan fingerprint density at radius 3 is 2.80 bits per heavy atom. The lowest BCUT2D eigenvalue weighted by Gasteiger charge is -2.14. The minimum absolute atomic E-state index is 0.127. The van der Waals surface area contributed by atoms with E-state index in [1.807, 2.05) is 18.2 Å². The maximum Gasteiger partial charge on any atom is 0.289 e. The van der Waals surface area contributed by atoms with Crippen LogP contribution in [0.4, 0.5) is 0 Å². The number of nitrogens with zero attached hydrogens (tertiary/aromatic N) is 1. The van der Waals surface area contributed by atoms with Crippen molar-refractivity contribution in [1.82, 2.24) is 4.90 Å². The summed E-state index contributed by atoms with van der Waals surface area (Å²) in [6.07, 6.45) is 1.13. The quantitative estimate of drug-likeness (QED) is 0.906. The van der Waals surface area contributed by atoms with Gasteiger partial charge in [0.05, 0.1) is 0 Å². The zero-order valence-electron chi connectivity index (χ0n) is 14.7. The molecule has 2 amide bonds. The number of rotatable bonds is 5. The summed E-state index contributed by atoms with van der Waals surface area (Å²) in [5.41, 5.74) is 7.45. The number of nitrogens with two attached hydrogens (primary N) is 1. The summed E-state index contributed by atoms with van der Waals surface area (Å²) < 4.78 is 5.81. The maximum absolute atomic E-state index is 12.6. The fourth-order valence-corrected chi connectivity index (χ4v) is 3.28. The van der Waals surface area contributed by atoms with Crippen LogP contribution >= 0.6 is 0 Å². The van der Waals surface area contributed by atoms with E-state index in [1.165, 1.54) is 5.56 Å². The Labute approximate surface area is 147 Å². The largest absolute Gasteiger partial charge is 0.451 e. The van der Waals surface area contributed by atoms with Gasteiger partial charge in [-0.05, 0) is 42.0 Å². The van der Waals surface area contributed by atoms with E-state index in [0.29, 0.717) is 36.9 Å². The zero-order chi connectivity index (χ0) is 18.0. The molecule has 5 nitrogen and oxygen atoms in total. The summed E-state index contributed by atoms with van der Waals surface area (Å²) in [5.74, 6) is 1.17. The van der Waals surface area contributed by atoms with Crippen molar-refractivity contribution in [2.24, 2.45) is 11.7 Å². The molecule has 1 aromatic carbocycles. The number of carbonyl (C=O) groups is 2. The third kappa shape index (κ3) is 3.92. The lowest BCUT2D eigenvalue weighted by molar-refractivity contribution is -0.118. The van der Waals surface area contributed by atoms with E-state index in [9.17, 15) is 9.59 Å². The van der Waals surface area contributed by atoms with Crippen molar-refractivity contribution in [3.63, 3.8) is 0 Å². The molecular weight excluding hydrogens is 316 g/mol. The van der Waals surface area contributed by atoms with Crippen molar-refractivity contribution < 1.29 is 14.0 Å². The van der Waals surface area contributed by atoms with Gasteiger partial charge in [-0.15, -0.1) is 0 Å². The van der Waals surface area contributed by atoms with E-state index in [0.717, 1.165) is 12.0 Å². The Kier molecular flexibility index (Phi) is 4.93. The van der Waals surface area contributed by atoms with Gasteiger partial charge in [0.2, 0.25) is 5.91 Å². The van der Waals surface area contributed by atoms with Crippen molar-refractivity contribution in [2.45, 2.75) is 32.6 Å². The van der Waals surface area contributed by atoms with Crippen LogP contribution in [-0.2, 0) is 4.79 Å². The average molecular weight is 340 g/mol. The van der Waals surface area contributed by atoms with Crippen LogP contribution < -0.4 is 5.73 Å². The highest BCUT2D eigenvalue weighted by Crippen LogP contribution is 2.27. The van der Waals surface area contributed by atoms with E-state index in [2.05, 4.69) is 26.0 Å². The van der Waals surface area contributed by atoms with Gasteiger partial charge in [0.15, 0.2) is 5.76 Å². The van der Waals surface area contributed by atoms with Crippen LogP contribution in [-0.4, -0.2) is 29.8 Å². The molecule has 3 rings (SSSR count). The summed E-state index contributed by atoms with van der Waals surface area (Å²) >= 11 is 0. The summed E-state index contributed by atoms with van der Waals surface area (Å²) in [7, 11) is 0. The Bertz CT molecular complexity index is 779. The predicted octanol–water partition coefficient (Wildman–Crippen LogP) is 3.41. The van der Waals surface area contributed by atoms with Gasteiger partial charge in [0.1, 0.15) is 5.76 Å². The van der Waals surface area contributed by atoms with Crippen LogP contribution in [0.15, 0.2) is 40.8 Å². The first-order chi connectivity index (χ1) is 11.9. The standard InChI is InChI=1S/C20H24N2O3/c1-13(2)15-4-3-5-16(11-15)17-6-7-18(25-17)20(24)22-9-8-14(12-22)10-19(21)23/h3-7,11,13-14H,8-10,12H2,1-2H3,(H2,21,23). The molecule has 5 heteroatoms. The molecule has 1 aliphatic rings. The number of furan rings is 1. The highest BCUT2D eigenvalue weighted by atomic mass is 16.4. The second-order valence-corrected chi connectivity index (χ2v) is 7.02. The molecule has 2 aromatic rings. The summed E-state index contributed by atoms with van der Waals surface area (Å²) in [6.45, 7) is 5.48. The number of carbonyl (C=O) groups excluding carboxylic acids is 2. The topological polar surface area (TPSA) is 76.5 Å². The molecule has 1 fully saturated rings. The Morgan fingerprint density at radius 2 is 2.08 bits per heavy atom. The fourth-order valence-electron chi connectivity index (χ4n) is 3.28. The summed E-state index contributed by atoms with van der Waals surface area (Å²) in [4.78, 5) is 25.4. The number of hydrogen-bond donors (Lipinski definition) is 1. The summed E-state index contributed by atoms with van der Waals surface area (Å²) in [6, 6.07) is 11.7. The van der Waals surface area contributed by atoms with Crippen molar-refractivity contribution in [1.29, 1.82) is 0 Å². The molecule has 132 valence electrons. The molecule has 1 unspecified atom stereocenters. The van der Waals surface area contributed by atoms with E-state index in [4.69, 9.17) is 10.2 Å². The van der Waals surface area contributed by atoms with Crippen molar-refractivity contribution in [3.8, 4) is 11.3 Å². The minimum Gasteiger partial charge on any atom is -0.451 e. The second-order valence-electron chi connectivity index (χ2n) is 7.02. The number of likely N-dealkylation sites (tertiary alicyclic amines) is 1. The molecule has 0 bridgehead atoms. The zero-order valence-corrected chi connectivity index (χ0v) is 14.7. The molecule has 1 aliphatic heterocycles. The number of primary amides is 1. The van der Waals surface area contributed by atoms with Crippen molar-refractivity contribution >= 4 is 11.8 Å². The molecule has 2 N–H and O–H groups in total. The SMILES string of the molecule is CC(C)c1cccc(-c2ccc(C(=O)N3CCC(CC(N)=O)C3)o2)c1. The van der Waals surface area contributed by atoms with Crippen LogP contribution in [0.2, 0.25) is 0 Å². The molecule has 1 aromatic heterocycles. The van der Waals surface area contributed by atoms with Crippen LogP contribution in [0.3, 0.4) is 0 Å². The van der Waals surface area contributed by atoms with E-state index >= 15 is 0 Å². The predicted molar refractivity (Wildman–Crippen MR) is 96.1 cm³/mol. The molecule has 0 spiro atoms. The first-order valence-electron chi connectivity index (χ1n) is 8.71. The van der Waals surface area contributed by atoms with Crippen molar-refractivity contribution in [2.75, 3.05) is 13.1 Å². The van der Waals surface area contributed by atoms with E-state index < -0.39 is 0 Å². The first-order valence-corrected chi connectivity index (χ1v) is 8.71.